The number of ether oxygens (including phenoxy) is 1. The van der Waals surface area contributed by atoms with Gasteiger partial charge in [-0.2, -0.15) is 5.10 Å². The van der Waals surface area contributed by atoms with Crippen LogP contribution in [-0.4, -0.2) is 29.3 Å². The fraction of sp³-hybridized carbons (Fsp3) is 0.269. The Hall–Kier alpha value is -3.67. The van der Waals surface area contributed by atoms with Gasteiger partial charge in [0.1, 0.15) is 0 Å². The zero-order valence-electron chi connectivity index (χ0n) is 19.2. The minimum absolute atomic E-state index is 0.163. The molecule has 0 spiro atoms. The van der Waals surface area contributed by atoms with Gasteiger partial charge in [-0.15, -0.1) is 0 Å². The van der Waals surface area contributed by atoms with Crippen LogP contribution in [0.4, 0.5) is 0 Å². The molecule has 1 aromatic heterocycles. The van der Waals surface area contributed by atoms with E-state index in [1.54, 1.807) is 19.2 Å². The number of esters is 1. The molecule has 0 aliphatic rings. The van der Waals surface area contributed by atoms with E-state index >= 15 is 0 Å². The third-order valence-corrected chi connectivity index (χ3v) is 5.33. The highest BCUT2D eigenvalue weighted by Crippen LogP contribution is 2.21. The minimum atomic E-state index is -0.342. The number of benzene rings is 2. The van der Waals surface area contributed by atoms with Crippen molar-refractivity contribution in [2.24, 2.45) is 5.10 Å². The molecule has 1 heterocycles. The van der Waals surface area contributed by atoms with Crippen molar-refractivity contribution in [3.63, 3.8) is 0 Å². The van der Waals surface area contributed by atoms with Crippen molar-refractivity contribution < 1.29 is 14.3 Å². The van der Waals surface area contributed by atoms with Crippen LogP contribution in [0.5, 0.6) is 0 Å². The van der Waals surface area contributed by atoms with Gasteiger partial charge in [-0.05, 0) is 70.0 Å². The van der Waals surface area contributed by atoms with Gasteiger partial charge in [0.15, 0.2) is 0 Å². The van der Waals surface area contributed by atoms with Gasteiger partial charge in [0.2, 0.25) is 5.91 Å². The summed E-state index contributed by atoms with van der Waals surface area (Å²) >= 11 is 0. The first-order chi connectivity index (χ1) is 15.3. The molecule has 6 heteroatoms. The normalized spacial score (nSPS) is 11.0. The molecule has 6 nitrogen and oxygen atoms in total. The smallest absolute Gasteiger partial charge is 0.338 e. The van der Waals surface area contributed by atoms with Crippen LogP contribution in [0.3, 0.4) is 0 Å². The van der Waals surface area contributed by atoms with Gasteiger partial charge in [-0.3, -0.25) is 4.79 Å². The Balaban J connectivity index is 1.73. The van der Waals surface area contributed by atoms with Crippen molar-refractivity contribution in [1.29, 1.82) is 0 Å². The average Bonchev–Trinajstić information content (AvgIpc) is 3.03. The van der Waals surface area contributed by atoms with Crippen LogP contribution < -0.4 is 5.43 Å². The number of amides is 1. The van der Waals surface area contributed by atoms with E-state index in [1.165, 1.54) is 5.56 Å². The lowest BCUT2D eigenvalue weighted by Crippen LogP contribution is -2.20. The summed E-state index contributed by atoms with van der Waals surface area (Å²) in [5.41, 5.74) is 10.1. The third-order valence-electron chi connectivity index (χ3n) is 5.33. The average molecular weight is 432 g/mol. The largest absolute Gasteiger partial charge is 0.462 e. The Morgan fingerprint density at radius 2 is 1.84 bits per heavy atom. The van der Waals surface area contributed by atoms with Crippen molar-refractivity contribution in [1.82, 2.24) is 9.99 Å². The first-order valence-corrected chi connectivity index (χ1v) is 10.6. The third kappa shape index (κ3) is 5.32. The SMILES string of the molecule is CCOC(=O)c1cccc(-n2c(C)cc(/C=N/NC(=O)Cc3ccc(C)cc3C)c2C)c1. The van der Waals surface area contributed by atoms with E-state index in [-0.39, 0.29) is 18.3 Å². The molecule has 0 fully saturated rings. The standard InChI is InChI=1S/C26H29N3O3/c1-6-32-26(31)22-8-7-9-24(14-22)29-19(4)13-23(20(29)5)16-27-28-25(30)15-21-11-10-17(2)12-18(21)3/h7-14,16H,6,15H2,1-5H3,(H,28,30)/b27-16+. The van der Waals surface area contributed by atoms with Crippen LogP contribution in [0.15, 0.2) is 53.6 Å². The molecule has 0 saturated heterocycles. The molecule has 0 aliphatic carbocycles. The Morgan fingerprint density at radius 3 is 2.56 bits per heavy atom. The van der Waals surface area contributed by atoms with Crippen LogP contribution >= 0.6 is 0 Å². The number of carbonyl (C=O) groups is 2. The molecule has 32 heavy (non-hydrogen) atoms. The second kappa shape index (κ2) is 10.1. The maximum absolute atomic E-state index is 12.3. The Labute approximate surface area is 188 Å². The van der Waals surface area contributed by atoms with Gasteiger partial charge in [0.25, 0.3) is 0 Å². The zero-order valence-corrected chi connectivity index (χ0v) is 19.2. The van der Waals surface area contributed by atoms with Gasteiger partial charge in [-0.25, -0.2) is 10.2 Å². The van der Waals surface area contributed by atoms with Crippen LogP contribution in [-0.2, 0) is 16.0 Å². The van der Waals surface area contributed by atoms with Crippen LogP contribution in [0.25, 0.3) is 5.69 Å². The van der Waals surface area contributed by atoms with Gasteiger partial charge < -0.3 is 9.30 Å². The summed E-state index contributed by atoms with van der Waals surface area (Å²) in [5.74, 6) is -0.505. The fourth-order valence-corrected chi connectivity index (χ4v) is 3.73. The highest BCUT2D eigenvalue weighted by molar-refractivity contribution is 5.90. The molecule has 0 atom stereocenters. The minimum Gasteiger partial charge on any atom is -0.462 e. The summed E-state index contributed by atoms with van der Waals surface area (Å²) in [5, 5.41) is 4.15. The quantitative estimate of drug-likeness (QED) is 0.338. The van der Waals surface area contributed by atoms with Gasteiger partial charge in [0.05, 0.1) is 24.8 Å². The molecule has 166 valence electrons. The molecule has 3 rings (SSSR count). The van der Waals surface area contributed by atoms with Crippen molar-refractivity contribution in [3.8, 4) is 5.69 Å². The number of nitrogens with zero attached hydrogens (tertiary/aromatic N) is 2. The summed E-state index contributed by atoms with van der Waals surface area (Å²) in [4.78, 5) is 24.4. The number of hydrazone groups is 1. The van der Waals surface area contributed by atoms with E-state index in [0.717, 1.165) is 33.8 Å². The molecule has 3 aromatic rings. The highest BCUT2D eigenvalue weighted by atomic mass is 16.5. The molecule has 0 saturated carbocycles. The zero-order chi connectivity index (χ0) is 23.3. The fourth-order valence-electron chi connectivity index (χ4n) is 3.73. The molecular weight excluding hydrogens is 402 g/mol. The first kappa shape index (κ1) is 23.0. The second-order valence-corrected chi connectivity index (χ2v) is 7.83. The number of aryl methyl sites for hydroxylation is 3. The topological polar surface area (TPSA) is 72.7 Å². The molecule has 0 radical (unpaired) electrons. The first-order valence-electron chi connectivity index (χ1n) is 10.6. The van der Waals surface area contributed by atoms with E-state index < -0.39 is 0 Å². The lowest BCUT2D eigenvalue weighted by atomic mass is 10.0. The predicted molar refractivity (Wildman–Crippen MR) is 127 cm³/mol. The summed E-state index contributed by atoms with van der Waals surface area (Å²) in [6.07, 6.45) is 1.93. The van der Waals surface area contributed by atoms with Gasteiger partial charge >= 0.3 is 5.97 Å². The number of rotatable bonds is 7. The van der Waals surface area contributed by atoms with Crippen LogP contribution in [0, 0.1) is 27.7 Å². The molecular formula is C26H29N3O3. The van der Waals surface area contributed by atoms with E-state index in [0.29, 0.717) is 12.2 Å². The maximum atomic E-state index is 12.3. The van der Waals surface area contributed by atoms with Crippen molar-refractivity contribution in [2.45, 2.75) is 41.0 Å². The lowest BCUT2D eigenvalue weighted by Gasteiger charge is -2.11. The molecule has 0 bridgehead atoms. The van der Waals surface area contributed by atoms with Crippen LogP contribution in [0.2, 0.25) is 0 Å². The van der Waals surface area contributed by atoms with Crippen molar-refractivity contribution in [2.75, 3.05) is 6.61 Å². The molecule has 0 aliphatic heterocycles. The van der Waals surface area contributed by atoms with E-state index in [4.69, 9.17) is 4.74 Å². The van der Waals surface area contributed by atoms with E-state index in [2.05, 4.69) is 16.6 Å². The summed E-state index contributed by atoms with van der Waals surface area (Å²) in [7, 11) is 0. The monoisotopic (exact) mass is 431 g/mol. The number of hydrogen-bond acceptors (Lipinski definition) is 4. The number of carbonyl (C=O) groups excluding carboxylic acids is 2. The van der Waals surface area contributed by atoms with Gasteiger partial charge in [-0.1, -0.05) is 29.8 Å². The van der Waals surface area contributed by atoms with Crippen molar-refractivity contribution >= 4 is 18.1 Å². The summed E-state index contributed by atoms with van der Waals surface area (Å²) < 4.78 is 7.15. The summed E-state index contributed by atoms with van der Waals surface area (Å²) in [6.45, 7) is 10.1. The van der Waals surface area contributed by atoms with E-state index in [1.807, 2.05) is 68.7 Å². The highest BCUT2D eigenvalue weighted by Gasteiger charge is 2.13. The Bertz CT molecular complexity index is 1180. The van der Waals surface area contributed by atoms with Gasteiger partial charge in [0, 0.05) is 22.6 Å². The second-order valence-electron chi connectivity index (χ2n) is 7.83. The Morgan fingerprint density at radius 1 is 1.06 bits per heavy atom. The number of aromatic nitrogens is 1. The van der Waals surface area contributed by atoms with E-state index in [9.17, 15) is 9.59 Å². The Kier molecular flexibility index (Phi) is 7.25. The number of nitrogens with one attached hydrogen (secondary N) is 1. The maximum Gasteiger partial charge on any atom is 0.338 e. The lowest BCUT2D eigenvalue weighted by molar-refractivity contribution is -0.120. The number of hydrogen-bond donors (Lipinski definition) is 1. The van der Waals surface area contributed by atoms with Crippen molar-refractivity contribution in [3.05, 3.63) is 87.7 Å². The molecule has 1 amide bonds. The van der Waals surface area contributed by atoms with Crippen LogP contribution in [0.1, 0.15) is 50.9 Å². The molecule has 1 N–H and O–H groups in total. The molecule has 0 unspecified atom stereocenters. The predicted octanol–water partition coefficient (Wildman–Crippen LogP) is 4.58. The molecule has 2 aromatic carbocycles. The summed E-state index contributed by atoms with van der Waals surface area (Å²) in [6, 6.07) is 15.4.